The zero-order valence-corrected chi connectivity index (χ0v) is 15.6. The number of nitrogens with one attached hydrogen (secondary N) is 1. The smallest absolute Gasteiger partial charge is 0.267 e. The molecule has 0 aliphatic rings. The largest absolute Gasteiger partial charge is 0.272 e. The van der Waals surface area contributed by atoms with Crippen LogP contribution < -0.4 is 5.43 Å². The number of carbonyl (C=O) groups is 2. The Morgan fingerprint density at radius 2 is 1.64 bits per heavy atom. The molecule has 0 saturated carbocycles. The van der Waals surface area contributed by atoms with Crippen LogP contribution in [0, 0.1) is 6.92 Å². The maximum absolute atomic E-state index is 12.9. The summed E-state index contributed by atoms with van der Waals surface area (Å²) in [6, 6.07) is 14.8. The number of rotatable bonds is 3. The zero-order valence-electron chi connectivity index (χ0n) is 15.6. The summed E-state index contributed by atoms with van der Waals surface area (Å²) >= 11 is 0. The molecular weight excluding hydrogens is 312 g/mol. The number of aryl methyl sites for hydroxylation is 2. The third-order valence-corrected chi connectivity index (χ3v) is 3.98. The molecule has 0 spiro atoms. The van der Waals surface area contributed by atoms with Gasteiger partial charge in [-0.1, -0.05) is 36.8 Å². The van der Waals surface area contributed by atoms with Crippen molar-refractivity contribution < 1.29 is 9.59 Å². The summed E-state index contributed by atoms with van der Waals surface area (Å²) in [4.78, 5) is 25.5. The van der Waals surface area contributed by atoms with Crippen LogP contribution in [0.4, 0.5) is 0 Å². The molecule has 0 saturated heterocycles. The van der Waals surface area contributed by atoms with Gasteiger partial charge in [-0.3, -0.25) is 15.0 Å². The van der Waals surface area contributed by atoms with Crippen molar-refractivity contribution in [2.45, 2.75) is 46.6 Å². The van der Waals surface area contributed by atoms with Gasteiger partial charge in [0.15, 0.2) is 0 Å². The van der Waals surface area contributed by atoms with Gasteiger partial charge in [0, 0.05) is 11.1 Å². The van der Waals surface area contributed by atoms with E-state index in [-0.39, 0.29) is 11.8 Å². The van der Waals surface area contributed by atoms with Crippen molar-refractivity contribution >= 4 is 11.8 Å². The molecule has 0 atom stereocenters. The Bertz CT molecular complexity index is 758. The number of hydrogen-bond acceptors (Lipinski definition) is 2. The normalized spacial score (nSPS) is 11.1. The van der Waals surface area contributed by atoms with Gasteiger partial charge in [0.2, 0.25) is 0 Å². The molecule has 25 heavy (non-hydrogen) atoms. The zero-order chi connectivity index (χ0) is 18.6. The van der Waals surface area contributed by atoms with Crippen LogP contribution in [0.1, 0.15) is 59.5 Å². The molecule has 0 heterocycles. The first-order valence-electron chi connectivity index (χ1n) is 8.53. The maximum atomic E-state index is 12.9. The Morgan fingerprint density at radius 1 is 1.00 bits per heavy atom. The molecule has 1 N–H and O–H groups in total. The first kappa shape index (κ1) is 18.7. The highest BCUT2D eigenvalue weighted by Gasteiger charge is 2.29. The van der Waals surface area contributed by atoms with Gasteiger partial charge in [0.25, 0.3) is 11.8 Å². The lowest BCUT2D eigenvalue weighted by molar-refractivity contribution is 0.0358. The second kappa shape index (κ2) is 7.51. The molecule has 2 aromatic carbocycles. The van der Waals surface area contributed by atoms with E-state index >= 15 is 0 Å². The molecule has 2 aromatic rings. The van der Waals surface area contributed by atoms with Crippen molar-refractivity contribution in [3.63, 3.8) is 0 Å². The lowest BCUT2D eigenvalue weighted by atomic mass is 10.0. The van der Waals surface area contributed by atoms with Gasteiger partial charge in [0.1, 0.15) is 0 Å². The maximum Gasteiger partial charge on any atom is 0.272 e. The number of hydrogen-bond donors (Lipinski definition) is 1. The molecule has 0 radical (unpaired) electrons. The molecule has 2 amide bonds. The van der Waals surface area contributed by atoms with E-state index < -0.39 is 5.54 Å². The summed E-state index contributed by atoms with van der Waals surface area (Å²) in [5, 5.41) is 1.40. The van der Waals surface area contributed by atoms with Gasteiger partial charge >= 0.3 is 0 Å². The lowest BCUT2D eigenvalue weighted by Crippen LogP contribution is -2.55. The Hall–Kier alpha value is -2.62. The van der Waals surface area contributed by atoms with Crippen LogP contribution in [-0.2, 0) is 6.42 Å². The van der Waals surface area contributed by atoms with Crippen LogP contribution in [0.5, 0.6) is 0 Å². The first-order chi connectivity index (χ1) is 11.7. The van der Waals surface area contributed by atoms with Crippen molar-refractivity contribution in [2.24, 2.45) is 0 Å². The van der Waals surface area contributed by atoms with Crippen LogP contribution in [0.15, 0.2) is 48.5 Å². The number of hydrazine groups is 1. The Labute approximate surface area is 149 Å². The van der Waals surface area contributed by atoms with Gasteiger partial charge in [0.05, 0.1) is 5.54 Å². The average Bonchev–Trinajstić information content (AvgIpc) is 2.58. The number of carbonyl (C=O) groups excluding carboxylic acids is 2. The first-order valence-corrected chi connectivity index (χ1v) is 8.53. The van der Waals surface area contributed by atoms with Crippen molar-refractivity contribution in [2.75, 3.05) is 0 Å². The molecule has 0 aliphatic carbocycles. The van der Waals surface area contributed by atoms with Crippen molar-refractivity contribution in [1.82, 2.24) is 10.4 Å². The highest BCUT2D eigenvalue weighted by Crippen LogP contribution is 2.17. The lowest BCUT2D eigenvalue weighted by Gasteiger charge is -2.35. The van der Waals surface area contributed by atoms with Gasteiger partial charge in [-0.2, -0.15) is 0 Å². The molecule has 0 unspecified atom stereocenters. The fourth-order valence-electron chi connectivity index (χ4n) is 2.49. The third-order valence-electron chi connectivity index (χ3n) is 3.98. The molecule has 132 valence electrons. The second-order valence-electron chi connectivity index (χ2n) is 7.17. The van der Waals surface area contributed by atoms with Crippen LogP contribution in [0.2, 0.25) is 0 Å². The Kier molecular flexibility index (Phi) is 5.62. The standard InChI is InChI=1S/C21H26N2O2/c1-6-16-10-12-17(13-11-16)20(25)23(21(3,4)5)22-19(24)18-9-7-8-15(2)14-18/h7-14H,6H2,1-5H3,(H,22,24). The van der Waals surface area contributed by atoms with E-state index in [1.807, 2.05) is 52.0 Å². The number of amides is 2. The van der Waals surface area contributed by atoms with E-state index in [1.165, 1.54) is 10.6 Å². The summed E-state index contributed by atoms with van der Waals surface area (Å²) in [5.41, 5.74) is 5.47. The van der Waals surface area contributed by atoms with E-state index in [2.05, 4.69) is 12.3 Å². The quantitative estimate of drug-likeness (QED) is 0.855. The van der Waals surface area contributed by atoms with Gasteiger partial charge < -0.3 is 0 Å². The summed E-state index contributed by atoms with van der Waals surface area (Å²) in [7, 11) is 0. The van der Waals surface area contributed by atoms with Crippen molar-refractivity contribution in [3.05, 3.63) is 70.8 Å². The SMILES string of the molecule is CCc1ccc(C(=O)N(NC(=O)c2cccc(C)c2)C(C)(C)C)cc1. The predicted octanol–water partition coefficient (Wildman–Crippen LogP) is 4.14. The molecule has 0 bridgehead atoms. The molecule has 0 aromatic heterocycles. The summed E-state index contributed by atoms with van der Waals surface area (Å²) in [6.07, 6.45) is 0.918. The fourth-order valence-corrected chi connectivity index (χ4v) is 2.49. The van der Waals surface area contributed by atoms with Crippen molar-refractivity contribution in [1.29, 1.82) is 0 Å². The molecule has 0 aliphatic heterocycles. The second-order valence-corrected chi connectivity index (χ2v) is 7.17. The van der Waals surface area contributed by atoms with Crippen LogP contribution in [0.25, 0.3) is 0 Å². The average molecular weight is 338 g/mol. The third kappa shape index (κ3) is 4.69. The van der Waals surface area contributed by atoms with E-state index in [0.717, 1.165) is 12.0 Å². The van der Waals surface area contributed by atoms with E-state index in [0.29, 0.717) is 11.1 Å². The topological polar surface area (TPSA) is 49.4 Å². The van der Waals surface area contributed by atoms with E-state index in [9.17, 15) is 9.59 Å². The number of benzene rings is 2. The van der Waals surface area contributed by atoms with Gasteiger partial charge in [-0.15, -0.1) is 0 Å². The summed E-state index contributed by atoms with van der Waals surface area (Å²) < 4.78 is 0. The summed E-state index contributed by atoms with van der Waals surface area (Å²) in [6.45, 7) is 9.67. The highest BCUT2D eigenvalue weighted by molar-refractivity contribution is 5.99. The minimum atomic E-state index is -0.556. The Morgan fingerprint density at radius 3 is 2.16 bits per heavy atom. The molecule has 4 heteroatoms. The Balaban J connectivity index is 2.26. The van der Waals surface area contributed by atoms with Crippen LogP contribution in [0.3, 0.4) is 0 Å². The minimum Gasteiger partial charge on any atom is -0.267 e. The van der Waals surface area contributed by atoms with Crippen molar-refractivity contribution in [3.8, 4) is 0 Å². The molecule has 2 rings (SSSR count). The molecule has 0 fully saturated rings. The predicted molar refractivity (Wildman–Crippen MR) is 100 cm³/mol. The van der Waals surface area contributed by atoms with E-state index in [4.69, 9.17) is 0 Å². The molecule has 4 nitrogen and oxygen atoms in total. The number of nitrogens with zero attached hydrogens (tertiary/aromatic N) is 1. The van der Waals surface area contributed by atoms with Gasteiger partial charge in [-0.05, 0) is 63.9 Å². The minimum absolute atomic E-state index is 0.226. The fraction of sp³-hybridized carbons (Fsp3) is 0.333. The van der Waals surface area contributed by atoms with E-state index in [1.54, 1.807) is 24.3 Å². The highest BCUT2D eigenvalue weighted by atomic mass is 16.2. The van der Waals surface area contributed by atoms with Crippen LogP contribution in [-0.4, -0.2) is 22.4 Å². The van der Waals surface area contributed by atoms with Crippen LogP contribution >= 0.6 is 0 Å². The monoisotopic (exact) mass is 338 g/mol. The summed E-state index contributed by atoms with van der Waals surface area (Å²) in [5.74, 6) is -0.520. The molecular formula is C21H26N2O2. The van der Waals surface area contributed by atoms with Gasteiger partial charge in [-0.25, -0.2) is 5.01 Å².